The van der Waals surface area contributed by atoms with Gasteiger partial charge in [0.1, 0.15) is 5.82 Å². The molecule has 2 nitrogen and oxygen atoms in total. The van der Waals surface area contributed by atoms with Crippen LogP contribution in [0.4, 0.5) is 10.1 Å². The van der Waals surface area contributed by atoms with Crippen LogP contribution in [0.1, 0.15) is 12.8 Å². The van der Waals surface area contributed by atoms with Crippen LogP contribution in [-0.4, -0.2) is 12.5 Å². The molecule has 0 aromatic heterocycles. The van der Waals surface area contributed by atoms with Crippen LogP contribution in [0.3, 0.4) is 0 Å². The Labute approximate surface area is 111 Å². The molecule has 0 bridgehead atoms. The van der Waals surface area contributed by atoms with Crippen molar-refractivity contribution in [1.29, 1.82) is 0 Å². The molecule has 0 atom stereocenters. The second kappa shape index (κ2) is 4.84. The van der Waals surface area contributed by atoms with Gasteiger partial charge in [0, 0.05) is 24.2 Å². The van der Waals surface area contributed by atoms with Crippen LogP contribution in [0.15, 0.2) is 48.5 Å². The molecule has 0 N–H and O–H groups in total. The number of nitrogens with zero attached hydrogens (tertiary/aromatic N) is 1. The van der Waals surface area contributed by atoms with Crippen LogP contribution < -0.4 is 4.90 Å². The lowest BCUT2D eigenvalue weighted by molar-refractivity contribution is -0.117. The first kappa shape index (κ1) is 11.9. The number of hydrogen-bond donors (Lipinski definition) is 0. The maximum Gasteiger partial charge on any atom is 0.227 e. The van der Waals surface area contributed by atoms with E-state index in [4.69, 9.17) is 0 Å². The highest BCUT2D eigenvalue weighted by Crippen LogP contribution is 2.28. The molecule has 1 heterocycles. The second-order valence-electron chi connectivity index (χ2n) is 4.68. The zero-order chi connectivity index (χ0) is 13.2. The molecule has 2 aromatic carbocycles. The van der Waals surface area contributed by atoms with Gasteiger partial charge in [-0.15, -0.1) is 0 Å². The average Bonchev–Trinajstić information content (AvgIpc) is 2.86. The van der Waals surface area contributed by atoms with E-state index in [0.29, 0.717) is 24.2 Å². The van der Waals surface area contributed by atoms with E-state index < -0.39 is 0 Å². The Hall–Kier alpha value is -2.16. The standard InChI is InChI=1S/C16H14FNO/c17-15-11-13(18-10-4-7-16(18)19)8-9-14(15)12-5-2-1-3-6-12/h1-3,5-6,8-9,11H,4,7,10H2. The van der Waals surface area contributed by atoms with Crippen LogP contribution in [0, 0.1) is 5.82 Å². The van der Waals surface area contributed by atoms with Gasteiger partial charge in [0.25, 0.3) is 0 Å². The lowest BCUT2D eigenvalue weighted by Crippen LogP contribution is -2.23. The molecule has 0 unspecified atom stereocenters. The Morgan fingerprint density at radius 3 is 2.47 bits per heavy atom. The average molecular weight is 255 g/mol. The normalized spacial score (nSPS) is 15.0. The van der Waals surface area contributed by atoms with E-state index in [0.717, 1.165) is 12.0 Å². The van der Waals surface area contributed by atoms with Crippen molar-refractivity contribution in [2.45, 2.75) is 12.8 Å². The summed E-state index contributed by atoms with van der Waals surface area (Å²) in [4.78, 5) is 13.3. The number of hydrogen-bond acceptors (Lipinski definition) is 1. The number of carbonyl (C=O) groups is 1. The van der Waals surface area contributed by atoms with Gasteiger partial charge in [-0.3, -0.25) is 4.79 Å². The lowest BCUT2D eigenvalue weighted by Gasteiger charge is -2.16. The first-order valence-corrected chi connectivity index (χ1v) is 6.41. The maximum absolute atomic E-state index is 14.2. The molecule has 2 aromatic rings. The van der Waals surface area contributed by atoms with E-state index in [2.05, 4.69) is 0 Å². The molecule has 0 aliphatic carbocycles. The topological polar surface area (TPSA) is 20.3 Å². The second-order valence-corrected chi connectivity index (χ2v) is 4.68. The molecular weight excluding hydrogens is 241 g/mol. The van der Waals surface area contributed by atoms with Gasteiger partial charge in [-0.1, -0.05) is 30.3 Å². The van der Waals surface area contributed by atoms with Gasteiger partial charge in [0.2, 0.25) is 5.91 Å². The van der Waals surface area contributed by atoms with Gasteiger partial charge < -0.3 is 4.90 Å². The molecule has 0 radical (unpaired) electrons. The van der Waals surface area contributed by atoms with Gasteiger partial charge >= 0.3 is 0 Å². The van der Waals surface area contributed by atoms with Crippen molar-refractivity contribution in [3.63, 3.8) is 0 Å². The summed E-state index contributed by atoms with van der Waals surface area (Å²) < 4.78 is 14.2. The monoisotopic (exact) mass is 255 g/mol. The van der Waals surface area contributed by atoms with Crippen molar-refractivity contribution in [3.05, 3.63) is 54.3 Å². The largest absolute Gasteiger partial charge is 0.312 e. The molecule has 1 fully saturated rings. The van der Waals surface area contributed by atoms with Crippen molar-refractivity contribution in [3.8, 4) is 11.1 Å². The minimum atomic E-state index is -0.289. The van der Waals surface area contributed by atoms with Crippen LogP contribution in [0.2, 0.25) is 0 Å². The van der Waals surface area contributed by atoms with Crippen LogP contribution >= 0.6 is 0 Å². The summed E-state index contributed by atoms with van der Waals surface area (Å²) in [5.74, 6) is -0.213. The summed E-state index contributed by atoms with van der Waals surface area (Å²) in [7, 11) is 0. The number of anilines is 1. The quantitative estimate of drug-likeness (QED) is 0.802. The fraction of sp³-hybridized carbons (Fsp3) is 0.188. The molecule has 96 valence electrons. The summed E-state index contributed by atoms with van der Waals surface area (Å²) in [6.45, 7) is 0.683. The third-order valence-corrected chi connectivity index (χ3v) is 3.42. The highest BCUT2D eigenvalue weighted by atomic mass is 19.1. The van der Waals surface area contributed by atoms with E-state index >= 15 is 0 Å². The lowest BCUT2D eigenvalue weighted by atomic mass is 10.0. The summed E-state index contributed by atoms with van der Waals surface area (Å²) in [5.41, 5.74) is 2.06. The van der Waals surface area contributed by atoms with Crippen LogP contribution in [0.5, 0.6) is 0 Å². The number of rotatable bonds is 2. The third-order valence-electron chi connectivity index (χ3n) is 3.42. The molecule has 1 aliphatic heterocycles. The molecule has 19 heavy (non-hydrogen) atoms. The van der Waals surface area contributed by atoms with Crippen molar-refractivity contribution in [2.75, 3.05) is 11.4 Å². The molecule has 1 aliphatic rings. The first-order valence-electron chi connectivity index (χ1n) is 6.41. The number of halogens is 1. The predicted molar refractivity (Wildman–Crippen MR) is 73.4 cm³/mol. The molecule has 0 spiro atoms. The molecule has 1 saturated heterocycles. The maximum atomic E-state index is 14.2. The number of benzene rings is 2. The highest BCUT2D eigenvalue weighted by molar-refractivity contribution is 5.95. The molecular formula is C16H14FNO. The zero-order valence-electron chi connectivity index (χ0n) is 10.5. The minimum absolute atomic E-state index is 0.0758. The Kier molecular flexibility index (Phi) is 3.03. The van der Waals surface area contributed by atoms with Crippen molar-refractivity contribution in [2.24, 2.45) is 0 Å². The predicted octanol–water partition coefficient (Wildman–Crippen LogP) is 3.62. The fourth-order valence-electron chi connectivity index (χ4n) is 2.44. The third kappa shape index (κ3) is 2.24. The van der Waals surface area contributed by atoms with Crippen LogP contribution in [0.25, 0.3) is 11.1 Å². The van der Waals surface area contributed by atoms with E-state index in [1.165, 1.54) is 6.07 Å². The van der Waals surface area contributed by atoms with Gasteiger partial charge in [0.05, 0.1) is 0 Å². The van der Waals surface area contributed by atoms with Crippen molar-refractivity contribution >= 4 is 11.6 Å². The van der Waals surface area contributed by atoms with Crippen molar-refractivity contribution < 1.29 is 9.18 Å². The highest BCUT2D eigenvalue weighted by Gasteiger charge is 2.22. The van der Waals surface area contributed by atoms with E-state index in [-0.39, 0.29) is 11.7 Å². The van der Waals surface area contributed by atoms with Crippen molar-refractivity contribution in [1.82, 2.24) is 0 Å². The number of carbonyl (C=O) groups excluding carboxylic acids is 1. The fourth-order valence-corrected chi connectivity index (χ4v) is 2.44. The summed E-state index contributed by atoms with van der Waals surface area (Å²) >= 11 is 0. The number of amides is 1. The Balaban J connectivity index is 1.96. The van der Waals surface area contributed by atoms with Gasteiger partial charge in [-0.05, 0) is 30.2 Å². The Bertz CT molecular complexity index is 609. The van der Waals surface area contributed by atoms with Crippen LogP contribution in [-0.2, 0) is 4.79 Å². The van der Waals surface area contributed by atoms with Gasteiger partial charge in [-0.2, -0.15) is 0 Å². The molecule has 1 amide bonds. The zero-order valence-corrected chi connectivity index (χ0v) is 10.5. The summed E-state index contributed by atoms with van der Waals surface area (Å²) in [6, 6.07) is 14.4. The summed E-state index contributed by atoms with van der Waals surface area (Å²) in [5, 5.41) is 0. The molecule has 3 heteroatoms. The minimum Gasteiger partial charge on any atom is -0.312 e. The summed E-state index contributed by atoms with van der Waals surface area (Å²) in [6.07, 6.45) is 1.41. The van der Waals surface area contributed by atoms with E-state index in [1.807, 2.05) is 36.4 Å². The molecule has 3 rings (SSSR count). The first-order chi connectivity index (χ1) is 9.25. The Morgan fingerprint density at radius 2 is 1.84 bits per heavy atom. The van der Waals surface area contributed by atoms with E-state index in [9.17, 15) is 9.18 Å². The Morgan fingerprint density at radius 1 is 1.05 bits per heavy atom. The SMILES string of the molecule is O=C1CCCN1c1ccc(-c2ccccc2)c(F)c1. The van der Waals surface area contributed by atoms with Gasteiger partial charge in [0.15, 0.2) is 0 Å². The van der Waals surface area contributed by atoms with Gasteiger partial charge in [-0.25, -0.2) is 4.39 Å². The smallest absolute Gasteiger partial charge is 0.227 e. The van der Waals surface area contributed by atoms with E-state index in [1.54, 1.807) is 11.0 Å². The molecule has 0 saturated carbocycles.